The summed E-state index contributed by atoms with van der Waals surface area (Å²) >= 11 is 0. The SMILES string of the molecule is CC(CCCO)NCCc1ccccc1. The van der Waals surface area contributed by atoms with Gasteiger partial charge in [0.05, 0.1) is 0 Å². The van der Waals surface area contributed by atoms with E-state index in [2.05, 4.69) is 36.5 Å². The Morgan fingerprint density at radius 2 is 2.00 bits per heavy atom. The van der Waals surface area contributed by atoms with Crippen molar-refractivity contribution in [2.24, 2.45) is 0 Å². The second-order valence-corrected chi connectivity index (χ2v) is 3.96. The van der Waals surface area contributed by atoms with E-state index in [0.717, 1.165) is 25.8 Å². The molecule has 2 nitrogen and oxygen atoms in total. The maximum Gasteiger partial charge on any atom is 0.0431 e. The first kappa shape index (κ1) is 12.2. The Morgan fingerprint density at radius 1 is 1.27 bits per heavy atom. The van der Waals surface area contributed by atoms with Crippen LogP contribution in [0.1, 0.15) is 25.3 Å². The lowest BCUT2D eigenvalue weighted by molar-refractivity contribution is 0.276. The molecule has 1 unspecified atom stereocenters. The van der Waals surface area contributed by atoms with Crippen molar-refractivity contribution < 1.29 is 5.11 Å². The van der Waals surface area contributed by atoms with Crippen molar-refractivity contribution in [3.8, 4) is 0 Å². The van der Waals surface area contributed by atoms with Crippen molar-refractivity contribution in [1.29, 1.82) is 0 Å². The molecule has 1 aromatic carbocycles. The molecule has 1 aromatic rings. The fraction of sp³-hybridized carbons (Fsp3) is 0.538. The molecule has 1 rings (SSSR count). The monoisotopic (exact) mass is 207 g/mol. The van der Waals surface area contributed by atoms with Crippen LogP contribution >= 0.6 is 0 Å². The Balaban J connectivity index is 2.11. The molecule has 0 aliphatic heterocycles. The molecule has 0 aliphatic carbocycles. The van der Waals surface area contributed by atoms with Gasteiger partial charge in [-0.25, -0.2) is 0 Å². The lowest BCUT2D eigenvalue weighted by Gasteiger charge is -2.12. The van der Waals surface area contributed by atoms with Gasteiger partial charge in [0, 0.05) is 12.6 Å². The molecule has 0 spiro atoms. The number of hydrogen-bond acceptors (Lipinski definition) is 2. The highest BCUT2D eigenvalue weighted by molar-refractivity contribution is 5.14. The lowest BCUT2D eigenvalue weighted by Crippen LogP contribution is -2.28. The predicted molar refractivity (Wildman–Crippen MR) is 63.9 cm³/mol. The zero-order valence-electron chi connectivity index (χ0n) is 9.45. The van der Waals surface area contributed by atoms with Crippen LogP contribution in [0.5, 0.6) is 0 Å². The van der Waals surface area contributed by atoms with E-state index >= 15 is 0 Å². The van der Waals surface area contributed by atoms with Crippen LogP contribution in [0.15, 0.2) is 30.3 Å². The van der Waals surface area contributed by atoms with Crippen LogP contribution in [0.3, 0.4) is 0 Å². The summed E-state index contributed by atoms with van der Waals surface area (Å²) in [4.78, 5) is 0. The highest BCUT2D eigenvalue weighted by Gasteiger charge is 1.99. The lowest BCUT2D eigenvalue weighted by atomic mass is 10.1. The molecule has 0 fully saturated rings. The Labute approximate surface area is 92.3 Å². The van der Waals surface area contributed by atoms with Gasteiger partial charge in [-0.3, -0.25) is 0 Å². The van der Waals surface area contributed by atoms with Crippen LogP contribution < -0.4 is 5.32 Å². The molecule has 0 aliphatic rings. The smallest absolute Gasteiger partial charge is 0.0431 e. The van der Waals surface area contributed by atoms with Gasteiger partial charge in [0.25, 0.3) is 0 Å². The van der Waals surface area contributed by atoms with E-state index in [1.807, 2.05) is 6.07 Å². The Morgan fingerprint density at radius 3 is 2.67 bits per heavy atom. The van der Waals surface area contributed by atoms with Gasteiger partial charge < -0.3 is 10.4 Å². The minimum absolute atomic E-state index is 0.296. The van der Waals surface area contributed by atoms with Gasteiger partial charge in [-0.15, -0.1) is 0 Å². The van der Waals surface area contributed by atoms with E-state index in [9.17, 15) is 0 Å². The second-order valence-electron chi connectivity index (χ2n) is 3.96. The third-order valence-electron chi connectivity index (χ3n) is 2.54. The standard InChI is InChI=1S/C13H21NO/c1-12(6-5-11-15)14-10-9-13-7-3-2-4-8-13/h2-4,7-8,12,14-15H,5-6,9-11H2,1H3. The highest BCUT2D eigenvalue weighted by Crippen LogP contribution is 2.00. The molecule has 2 N–H and O–H groups in total. The summed E-state index contributed by atoms with van der Waals surface area (Å²) in [6.45, 7) is 3.47. The average molecular weight is 207 g/mol. The fourth-order valence-electron chi connectivity index (χ4n) is 1.61. The largest absolute Gasteiger partial charge is 0.396 e. The van der Waals surface area contributed by atoms with Gasteiger partial charge >= 0.3 is 0 Å². The molecule has 1 atom stereocenters. The van der Waals surface area contributed by atoms with Gasteiger partial charge in [-0.2, -0.15) is 0 Å². The van der Waals surface area contributed by atoms with Crippen molar-refractivity contribution in [1.82, 2.24) is 5.32 Å². The zero-order valence-corrected chi connectivity index (χ0v) is 9.45. The van der Waals surface area contributed by atoms with E-state index in [0.29, 0.717) is 12.6 Å². The van der Waals surface area contributed by atoms with E-state index in [1.165, 1.54) is 5.56 Å². The number of hydrogen-bond donors (Lipinski definition) is 2. The van der Waals surface area contributed by atoms with Crippen molar-refractivity contribution in [2.75, 3.05) is 13.2 Å². The highest BCUT2D eigenvalue weighted by atomic mass is 16.2. The van der Waals surface area contributed by atoms with Crippen LogP contribution in [-0.4, -0.2) is 24.3 Å². The molecule has 0 bridgehead atoms. The van der Waals surface area contributed by atoms with E-state index in [-0.39, 0.29) is 0 Å². The first-order valence-corrected chi connectivity index (χ1v) is 5.71. The van der Waals surface area contributed by atoms with Gasteiger partial charge in [-0.05, 0) is 38.3 Å². The van der Waals surface area contributed by atoms with Gasteiger partial charge in [-0.1, -0.05) is 30.3 Å². The number of nitrogens with one attached hydrogen (secondary N) is 1. The van der Waals surface area contributed by atoms with Crippen LogP contribution in [0.4, 0.5) is 0 Å². The third-order valence-corrected chi connectivity index (χ3v) is 2.54. The molecule has 0 radical (unpaired) electrons. The summed E-state index contributed by atoms with van der Waals surface area (Å²) in [6, 6.07) is 11.0. The van der Waals surface area contributed by atoms with Crippen molar-refractivity contribution in [3.63, 3.8) is 0 Å². The van der Waals surface area contributed by atoms with Crippen LogP contribution in [0.2, 0.25) is 0 Å². The molecule has 15 heavy (non-hydrogen) atoms. The molecular formula is C13H21NO. The summed E-state index contributed by atoms with van der Waals surface area (Å²) in [5, 5.41) is 12.1. The summed E-state index contributed by atoms with van der Waals surface area (Å²) in [5.74, 6) is 0. The molecule has 0 saturated heterocycles. The van der Waals surface area contributed by atoms with Gasteiger partial charge in [0.2, 0.25) is 0 Å². The Bertz CT molecular complexity index is 248. The van der Waals surface area contributed by atoms with E-state index < -0.39 is 0 Å². The molecular weight excluding hydrogens is 186 g/mol. The maximum absolute atomic E-state index is 8.69. The molecule has 0 heterocycles. The predicted octanol–water partition coefficient (Wildman–Crippen LogP) is 1.98. The second kappa shape index (κ2) is 7.43. The number of aliphatic hydroxyl groups excluding tert-OH is 1. The summed E-state index contributed by atoms with van der Waals surface area (Å²) < 4.78 is 0. The summed E-state index contributed by atoms with van der Waals surface area (Å²) in [5.41, 5.74) is 1.37. The minimum atomic E-state index is 0.296. The van der Waals surface area contributed by atoms with Crippen LogP contribution in [0, 0.1) is 0 Å². The van der Waals surface area contributed by atoms with Gasteiger partial charge in [0.1, 0.15) is 0 Å². The molecule has 0 amide bonds. The van der Waals surface area contributed by atoms with Gasteiger partial charge in [0.15, 0.2) is 0 Å². The first-order valence-electron chi connectivity index (χ1n) is 5.71. The van der Waals surface area contributed by atoms with Crippen LogP contribution in [0.25, 0.3) is 0 Å². The van der Waals surface area contributed by atoms with E-state index in [4.69, 9.17) is 5.11 Å². The van der Waals surface area contributed by atoms with Crippen molar-refractivity contribution in [2.45, 2.75) is 32.2 Å². The normalized spacial score (nSPS) is 12.7. The number of rotatable bonds is 7. The average Bonchev–Trinajstić information content (AvgIpc) is 2.28. The topological polar surface area (TPSA) is 32.3 Å². The maximum atomic E-state index is 8.69. The minimum Gasteiger partial charge on any atom is -0.396 e. The molecule has 84 valence electrons. The quantitative estimate of drug-likeness (QED) is 0.716. The van der Waals surface area contributed by atoms with Crippen molar-refractivity contribution >= 4 is 0 Å². The summed E-state index contributed by atoms with van der Waals surface area (Å²) in [7, 11) is 0. The molecule has 2 heteroatoms. The van der Waals surface area contributed by atoms with E-state index in [1.54, 1.807) is 0 Å². The van der Waals surface area contributed by atoms with Crippen molar-refractivity contribution in [3.05, 3.63) is 35.9 Å². The summed E-state index contributed by atoms with van der Waals surface area (Å²) in [6.07, 6.45) is 3.01. The molecule has 0 saturated carbocycles. The number of aliphatic hydroxyl groups is 1. The Hall–Kier alpha value is -0.860. The zero-order chi connectivity index (χ0) is 10.9. The van der Waals surface area contributed by atoms with Crippen LogP contribution in [-0.2, 0) is 6.42 Å². The molecule has 0 aromatic heterocycles. The third kappa shape index (κ3) is 5.55. The number of benzene rings is 1. The Kier molecular flexibility index (Phi) is 6.05. The fourth-order valence-corrected chi connectivity index (χ4v) is 1.61. The first-order chi connectivity index (χ1) is 7.33.